The summed E-state index contributed by atoms with van der Waals surface area (Å²) in [4.78, 5) is 27.1. The zero-order valence-electron chi connectivity index (χ0n) is 32.7. The van der Waals surface area contributed by atoms with E-state index in [0.29, 0.717) is 62.0 Å². The molecule has 0 aliphatic heterocycles. The SMILES string of the molecule is CN/N=C(\C)c1cc(NC(=O)c2cccc(-c3ccc(-c4cccc(C(=O)Nc5cc(C(C)=N)cc(/C(C)=N\NC(=N)N)c5)c4)cc3)c2)cc(/C(C)=N\NC(=N)N)c1. The maximum atomic E-state index is 13.6. The summed E-state index contributed by atoms with van der Waals surface area (Å²) in [7, 11) is 1.70. The van der Waals surface area contributed by atoms with Gasteiger partial charge in [-0.2, -0.15) is 15.3 Å². The number of benzene rings is 5. The van der Waals surface area contributed by atoms with Crippen molar-refractivity contribution >= 4 is 58.0 Å². The summed E-state index contributed by atoms with van der Waals surface area (Å²) in [6, 6.07) is 33.2. The van der Waals surface area contributed by atoms with Gasteiger partial charge in [-0.05, 0) is 116 Å². The van der Waals surface area contributed by atoms with Crippen LogP contribution in [0.5, 0.6) is 0 Å². The van der Waals surface area contributed by atoms with E-state index in [4.69, 9.17) is 27.7 Å². The van der Waals surface area contributed by atoms with Gasteiger partial charge in [-0.15, -0.1) is 0 Å². The molecule has 5 rings (SSSR count). The van der Waals surface area contributed by atoms with Crippen LogP contribution in [0.3, 0.4) is 0 Å². The van der Waals surface area contributed by atoms with Crippen molar-refractivity contribution in [2.45, 2.75) is 27.7 Å². The predicted octanol–water partition coefficient (Wildman–Crippen LogP) is 6.27. The lowest BCUT2D eigenvalue weighted by Gasteiger charge is -2.12. The number of nitrogens with zero attached hydrogens (tertiary/aromatic N) is 3. The highest BCUT2D eigenvalue weighted by Gasteiger charge is 2.14. The molecule has 0 atom stereocenters. The van der Waals surface area contributed by atoms with Crippen molar-refractivity contribution in [3.05, 3.63) is 143 Å². The molecule has 12 N–H and O–H groups in total. The van der Waals surface area contributed by atoms with Crippen LogP contribution in [0.4, 0.5) is 11.4 Å². The van der Waals surface area contributed by atoms with E-state index in [1.54, 1.807) is 64.2 Å². The first-order valence-electron chi connectivity index (χ1n) is 18.0. The van der Waals surface area contributed by atoms with Crippen LogP contribution in [0.1, 0.15) is 70.7 Å². The van der Waals surface area contributed by atoms with Crippen molar-refractivity contribution < 1.29 is 9.59 Å². The van der Waals surface area contributed by atoms with Crippen LogP contribution in [0.2, 0.25) is 0 Å². The molecule has 0 unspecified atom stereocenters. The Morgan fingerprint density at radius 2 is 0.862 bits per heavy atom. The third kappa shape index (κ3) is 10.8. The highest BCUT2D eigenvalue weighted by molar-refractivity contribution is 6.10. The first-order valence-corrected chi connectivity index (χ1v) is 18.0. The molecule has 294 valence electrons. The topological polar surface area (TPSA) is 255 Å². The van der Waals surface area contributed by atoms with E-state index < -0.39 is 0 Å². The quantitative estimate of drug-likeness (QED) is 0.0372. The highest BCUT2D eigenvalue weighted by atomic mass is 16.2. The molecule has 5 aromatic carbocycles. The van der Waals surface area contributed by atoms with Gasteiger partial charge in [-0.25, -0.2) is 10.9 Å². The Balaban J connectivity index is 1.33. The average molecular weight is 776 g/mol. The largest absolute Gasteiger partial charge is 0.369 e. The standard InChI is InChI=1S/C43H45N13O2/c1-24(44)34-18-35(26(3)53-55-42(45)46)21-38(20-34)50-40(57)32-10-6-8-30(16-32)28-12-14-29(15-13-28)31-9-7-11-33(17-31)41(58)51-39-22-36(25(2)52-49-5)19-37(23-39)27(4)54-56-43(47)48/h6-23,44,49H,1-5H3,(H,50,57)(H,51,58)(H4,45,46,55)(H4,47,48,56)/b44-24?,52-25+,53-26-,54-27-. The number of hydrogen-bond acceptors (Lipinski definition) is 9. The molecule has 0 aromatic heterocycles. The lowest BCUT2D eigenvalue weighted by Crippen LogP contribution is -2.26. The Hall–Kier alpha value is -7.94. The van der Waals surface area contributed by atoms with Gasteiger partial charge in [0, 0.05) is 52.0 Å². The van der Waals surface area contributed by atoms with Gasteiger partial charge in [-0.3, -0.25) is 20.4 Å². The number of amides is 2. The molecule has 58 heavy (non-hydrogen) atoms. The molecule has 0 heterocycles. The minimum Gasteiger partial charge on any atom is -0.369 e. The second-order valence-corrected chi connectivity index (χ2v) is 13.2. The fourth-order valence-corrected chi connectivity index (χ4v) is 5.83. The van der Waals surface area contributed by atoms with Crippen LogP contribution in [0.15, 0.2) is 124 Å². The van der Waals surface area contributed by atoms with Crippen molar-refractivity contribution in [1.29, 1.82) is 16.2 Å². The molecule has 0 aliphatic carbocycles. The molecule has 0 fully saturated rings. The number of hydrazone groups is 3. The van der Waals surface area contributed by atoms with Crippen LogP contribution in [0, 0.1) is 16.2 Å². The zero-order valence-corrected chi connectivity index (χ0v) is 32.7. The fourth-order valence-electron chi connectivity index (χ4n) is 5.83. The molecule has 0 spiro atoms. The number of nitrogens with two attached hydrogens (primary N) is 2. The summed E-state index contributed by atoms with van der Waals surface area (Å²) in [5, 5.41) is 41.4. The van der Waals surface area contributed by atoms with Gasteiger partial charge in [0.15, 0.2) is 0 Å². The summed E-state index contributed by atoms with van der Waals surface area (Å²) >= 11 is 0. The molecular weight excluding hydrogens is 731 g/mol. The lowest BCUT2D eigenvalue weighted by molar-refractivity contribution is 0.101. The van der Waals surface area contributed by atoms with E-state index in [-0.39, 0.29) is 23.7 Å². The Morgan fingerprint density at radius 3 is 1.24 bits per heavy atom. The van der Waals surface area contributed by atoms with Gasteiger partial charge in [0.1, 0.15) is 0 Å². The number of guanidine groups is 2. The number of nitrogens with one attached hydrogen (secondary N) is 8. The first-order chi connectivity index (χ1) is 27.7. The molecule has 15 heteroatoms. The summed E-state index contributed by atoms with van der Waals surface area (Å²) in [5.41, 5.74) is 28.7. The van der Waals surface area contributed by atoms with Crippen molar-refractivity contribution in [2.24, 2.45) is 26.8 Å². The summed E-state index contributed by atoms with van der Waals surface area (Å²) in [6.45, 7) is 7.00. The van der Waals surface area contributed by atoms with Gasteiger partial charge in [0.25, 0.3) is 11.8 Å². The molecule has 5 aromatic rings. The molecular formula is C43H45N13O2. The number of carbonyl (C=O) groups excluding carboxylic acids is 2. The van der Waals surface area contributed by atoms with Gasteiger partial charge in [0.05, 0.1) is 17.1 Å². The van der Waals surface area contributed by atoms with Crippen molar-refractivity contribution in [3.63, 3.8) is 0 Å². The summed E-state index contributed by atoms with van der Waals surface area (Å²) < 4.78 is 0. The molecule has 15 nitrogen and oxygen atoms in total. The first kappa shape index (κ1) is 41.2. The van der Waals surface area contributed by atoms with Crippen LogP contribution >= 0.6 is 0 Å². The van der Waals surface area contributed by atoms with Crippen LogP contribution in [0.25, 0.3) is 22.3 Å². The summed E-state index contributed by atoms with van der Waals surface area (Å²) in [5.74, 6) is -1.23. The number of anilines is 2. The Labute approximate surface area is 336 Å². The van der Waals surface area contributed by atoms with E-state index >= 15 is 0 Å². The van der Waals surface area contributed by atoms with Crippen molar-refractivity contribution in [2.75, 3.05) is 17.7 Å². The van der Waals surface area contributed by atoms with Gasteiger partial charge in [0.2, 0.25) is 11.9 Å². The minimum absolute atomic E-state index is 0.293. The Kier molecular flexibility index (Phi) is 13.2. The van der Waals surface area contributed by atoms with E-state index in [2.05, 4.69) is 42.2 Å². The van der Waals surface area contributed by atoms with E-state index in [0.717, 1.165) is 27.8 Å². The van der Waals surface area contributed by atoms with E-state index in [1.807, 2.05) is 79.7 Å². The van der Waals surface area contributed by atoms with Crippen LogP contribution < -0.4 is 38.4 Å². The summed E-state index contributed by atoms with van der Waals surface area (Å²) in [6.07, 6.45) is 0. The monoisotopic (exact) mass is 775 g/mol. The maximum absolute atomic E-state index is 13.6. The van der Waals surface area contributed by atoms with Crippen molar-refractivity contribution in [1.82, 2.24) is 16.3 Å². The maximum Gasteiger partial charge on any atom is 0.255 e. The zero-order chi connectivity index (χ0) is 41.9. The average Bonchev–Trinajstić information content (AvgIpc) is 3.21. The van der Waals surface area contributed by atoms with Crippen molar-refractivity contribution in [3.8, 4) is 22.3 Å². The highest BCUT2D eigenvalue weighted by Crippen LogP contribution is 2.27. The molecule has 0 radical (unpaired) electrons. The molecule has 0 saturated carbocycles. The third-order valence-corrected chi connectivity index (χ3v) is 8.84. The van der Waals surface area contributed by atoms with Crippen LogP contribution in [-0.4, -0.2) is 53.6 Å². The third-order valence-electron chi connectivity index (χ3n) is 8.84. The Bertz CT molecular complexity index is 2500. The fraction of sp³-hybridized carbons (Fsp3) is 0.116. The van der Waals surface area contributed by atoms with E-state index in [1.165, 1.54) is 0 Å². The molecule has 0 saturated heterocycles. The normalized spacial score (nSPS) is 11.6. The van der Waals surface area contributed by atoms with Crippen LogP contribution in [-0.2, 0) is 0 Å². The molecule has 2 amide bonds. The second kappa shape index (κ2) is 18.6. The van der Waals surface area contributed by atoms with Gasteiger partial charge >= 0.3 is 0 Å². The minimum atomic E-state index is -0.326. The second-order valence-electron chi connectivity index (χ2n) is 13.2. The van der Waals surface area contributed by atoms with Gasteiger partial charge < -0.3 is 32.9 Å². The smallest absolute Gasteiger partial charge is 0.255 e. The van der Waals surface area contributed by atoms with E-state index in [9.17, 15) is 9.59 Å². The predicted molar refractivity (Wildman–Crippen MR) is 234 cm³/mol. The molecule has 0 bridgehead atoms. The van der Waals surface area contributed by atoms with Gasteiger partial charge in [-0.1, -0.05) is 48.5 Å². The number of carbonyl (C=O) groups is 2. The number of rotatable bonds is 13. The number of hydrogen-bond donors (Lipinski definition) is 10. The molecule has 0 aliphatic rings. The lowest BCUT2D eigenvalue weighted by atomic mass is 9.98. The Morgan fingerprint density at radius 1 is 0.483 bits per heavy atom.